The molecule has 1 aromatic heterocycles. The normalized spacial score (nSPS) is 15.1. The van der Waals surface area contributed by atoms with Crippen LogP contribution in [0.5, 0.6) is 0 Å². The zero-order valence-corrected chi connectivity index (χ0v) is 9.10. The predicted molar refractivity (Wildman–Crippen MR) is 58.1 cm³/mol. The number of carbonyl (C=O) groups excluding carboxylic acids is 1. The van der Waals surface area contributed by atoms with Gasteiger partial charge in [-0.15, -0.1) is 0 Å². The molecule has 80 valence electrons. The summed E-state index contributed by atoms with van der Waals surface area (Å²) < 4.78 is 0. The molecule has 0 spiro atoms. The van der Waals surface area contributed by atoms with Crippen LogP contribution in [0.3, 0.4) is 0 Å². The van der Waals surface area contributed by atoms with Gasteiger partial charge in [0.25, 0.3) is 0 Å². The first-order valence-electron chi connectivity index (χ1n) is 5.19. The topological polar surface area (TPSA) is 46.1 Å². The van der Waals surface area contributed by atoms with E-state index in [-0.39, 0.29) is 0 Å². The molecule has 0 unspecified atom stereocenters. The van der Waals surface area contributed by atoms with Gasteiger partial charge in [0, 0.05) is 32.5 Å². The Morgan fingerprint density at radius 3 is 2.73 bits per heavy atom. The van der Waals surface area contributed by atoms with Crippen molar-refractivity contribution in [1.29, 1.82) is 0 Å². The number of nitrogens with zero attached hydrogens (tertiary/aromatic N) is 3. The van der Waals surface area contributed by atoms with Gasteiger partial charge >= 0.3 is 0 Å². The van der Waals surface area contributed by atoms with Crippen LogP contribution in [-0.2, 0) is 11.2 Å². The Morgan fingerprint density at radius 1 is 1.47 bits per heavy atom. The summed E-state index contributed by atoms with van der Waals surface area (Å²) in [6.07, 6.45) is 3.62. The van der Waals surface area contributed by atoms with Crippen LogP contribution in [0, 0.1) is 0 Å². The van der Waals surface area contributed by atoms with Gasteiger partial charge in [0.05, 0.1) is 5.69 Å². The Balaban J connectivity index is 2.34. The molecule has 1 heterocycles. The van der Waals surface area contributed by atoms with E-state index in [2.05, 4.69) is 9.97 Å². The maximum Gasteiger partial charge on any atom is 0.134 e. The molecule has 4 nitrogen and oxygen atoms in total. The number of carbonyl (C=O) groups is 1. The molecule has 0 bridgehead atoms. The molecule has 1 saturated carbocycles. The third kappa shape index (κ3) is 2.32. The van der Waals surface area contributed by atoms with E-state index in [0.717, 1.165) is 23.6 Å². The summed E-state index contributed by atoms with van der Waals surface area (Å²) in [5, 5.41) is 0. The summed E-state index contributed by atoms with van der Waals surface area (Å²) in [6.45, 7) is 0. The van der Waals surface area contributed by atoms with E-state index in [1.54, 1.807) is 0 Å². The summed E-state index contributed by atoms with van der Waals surface area (Å²) in [6, 6.07) is 1.88. The highest BCUT2D eigenvalue weighted by atomic mass is 16.1. The summed E-state index contributed by atoms with van der Waals surface area (Å²) >= 11 is 0. The van der Waals surface area contributed by atoms with Crippen LogP contribution in [0.15, 0.2) is 6.07 Å². The van der Waals surface area contributed by atoms with Gasteiger partial charge in [-0.3, -0.25) is 0 Å². The zero-order valence-electron chi connectivity index (χ0n) is 9.10. The quantitative estimate of drug-likeness (QED) is 0.692. The lowest BCUT2D eigenvalue weighted by Gasteiger charge is -2.13. The second kappa shape index (κ2) is 3.96. The van der Waals surface area contributed by atoms with Crippen molar-refractivity contribution in [2.24, 2.45) is 0 Å². The fourth-order valence-electron chi connectivity index (χ4n) is 1.45. The van der Waals surface area contributed by atoms with Crippen LogP contribution in [0.1, 0.15) is 30.3 Å². The highest BCUT2D eigenvalue weighted by Crippen LogP contribution is 2.38. The summed E-state index contributed by atoms with van der Waals surface area (Å²) in [5.41, 5.74) is 0.825. The summed E-state index contributed by atoms with van der Waals surface area (Å²) in [7, 11) is 3.90. The van der Waals surface area contributed by atoms with E-state index in [0.29, 0.717) is 12.3 Å². The van der Waals surface area contributed by atoms with E-state index >= 15 is 0 Å². The van der Waals surface area contributed by atoms with Crippen molar-refractivity contribution in [2.75, 3.05) is 19.0 Å². The molecule has 0 atom stereocenters. The lowest BCUT2D eigenvalue weighted by Crippen LogP contribution is -2.13. The third-order valence-electron chi connectivity index (χ3n) is 2.48. The molecule has 0 aliphatic heterocycles. The first-order chi connectivity index (χ1) is 7.20. The number of hydrogen-bond donors (Lipinski definition) is 0. The molecule has 0 aromatic carbocycles. The molecule has 0 amide bonds. The van der Waals surface area contributed by atoms with E-state index in [1.165, 1.54) is 12.8 Å². The molecule has 0 saturated heterocycles. The van der Waals surface area contributed by atoms with Crippen LogP contribution < -0.4 is 4.90 Å². The highest BCUT2D eigenvalue weighted by molar-refractivity contribution is 5.55. The van der Waals surface area contributed by atoms with Gasteiger partial charge in [-0.1, -0.05) is 0 Å². The molecule has 0 N–H and O–H groups in total. The second-order valence-corrected chi connectivity index (χ2v) is 4.12. The van der Waals surface area contributed by atoms with Crippen molar-refractivity contribution in [3.05, 3.63) is 17.6 Å². The minimum atomic E-state index is 0.378. The monoisotopic (exact) mass is 205 g/mol. The minimum Gasteiger partial charge on any atom is -0.363 e. The van der Waals surface area contributed by atoms with Gasteiger partial charge in [0.2, 0.25) is 0 Å². The molecule has 4 heteroatoms. The van der Waals surface area contributed by atoms with E-state index in [9.17, 15) is 4.79 Å². The van der Waals surface area contributed by atoms with Crippen molar-refractivity contribution in [3.63, 3.8) is 0 Å². The van der Waals surface area contributed by atoms with Crippen molar-refractivity contribution in [1.82, 2.24) is 9.97 Å². The molecule has 1 aliphatic carbocycles. The Morgan fingerprint density at radius 2 is 2.20 bits per heavy atom. The van der Waals surface area contributed by atoms with Crippen molar-refractivity contribution >= 4 is 12.1 Å². The highest BCUT2D eigenvalue weighted by Gasteiger charge is 2.27. The Hall–Kier alpha value is -1.45. The van der Waals surface area contributed by atoms with Crippen LogP contribution >= 0.6 is 0 Å². The fourth-order valence-corrected chi connectivity index (χ4v) is 1.45. The third-order valence-corrected chi connectivity index (χ3v) is 2.48. The maximum absolute atomic E-state index is 10.5. The molecular weight excluding hydrogens is 190 g/mol. The Labute approximate surface area is 89.3 Å². The molecule has 0 radical (unpaired) electrons. The average molecular weight is 205 g/mol. The maximum atomic E-state index is 10.5. The lowest BCUT2D eigenvalue weighted by molar-refractivity contribution is -0.107. The smallest absolute Gasteiger partial charge is 0.134 e. The van der Waals surface area contributed by atoms with Crippen molar-refractivity contribution in [3.8, 4) is 0 Å². The number of hydrogen-bond acceptors (Lipinski definition) is 4. The van der Waals surface area contributed by atoms with Crippen LogP contribution in [0.2, 0.25) is 0 Å². The molecule has 1 fully saturated rings. The number of anilines is 1. The summed E-state index contributed by atoms with van der Waals surface area (Å²) in [5.74, 6) is 2.32. The summed E-state index contributed by atoms with van der Waals surface area (Å²) in [4.78, 5) is 21.3. The van der Waals surface area contributed by atoms with Gasteiger partial charge in [0.15, 0.2) is 0 Å². The molecule has 15 heavy (non-hydrogen) atoms. The standard InChI is InChI=1S/C11H15N3O/c1-14(2)10-7-9(5-6-15)12-11(13-10)8-3-4-8/h6-8H,3-5H2,1-2H3. The lowest BCUT2D eigenvalue weighted by atomic mass is 10.3. The molecule has 2 rings (SSSR count). The number of aromatic nitrogens is 2. The Bertz CT molecular complexity index is 352. The first kappa shape index (κ1) is 10.1. The van der Waals surface area contributed by atoms with Gasteiger partial charge in [-0.05, 0) is 12.8 Å². The van der Waals surface area contributed by atoms with Gasteiger partial charge in [0.1, 0.15) is 17.9 Å². The van der Waals surface area contributed by atoms with Crippen LogP contribution in [0.25, 0.3) is 0 Å². The average Bonchev–Trinajstić information content (AvgIpc) is 3.01. The van der Waals surface area contributed by atoms with E-state index in [4.69, 9.17) is 0 Å². The SMILES string of the molecule is CN(C)c1cc(CC=O)nc(C2CC2)n1. The van der Waals surface area contributed by atoms with E-state index in [1.807, 2.05) is 25.1 Å². The van der Waals surface area contributed by atoms with E-state index < -0.39 is 0 Å². The van der Waals surface area contributed by atoms with Crippen LogP contribution in [0.4, 0.5) is 5.82 Å². The van der Waals surface area contributed by atoms with Gasteiger partial charge < -0.3 is 9.69 Å². The molecular formula is C11H15N3O. The van der Waals surface area contributed by atoms with Gasteiger partial charge in [-0.25, -0.2) is 9.97 Å². The molecule has 1 aliphatic rings. The second-order valence-electron chi connectivity index (χ2n) is 4.12. The van der Waals surface area contributed by atoms with Gasteiger partial charge in [-0.2, -0.15) is 0 Å². The van der Waals surface area contributed by atoms with Crippen LogP contribution in [-0.4, -0.2) is 30.3 Å². The fraction of sp³-hybridized carbons (Fsp3) is 0.545. The largest absolute Gasteiger partial charge is 0.363 e. The number of aldehydes is 1. The van der Waals surface area contributed by atoms with Crippen molar-refractivity contribution < 1.29 is 4.79 Å². The molecule has 1 aromatic rings. The first-order valence-corrected chi connectivity index (χ1v) is 5.19. The zero-order chi connectivity index (χ0) is 10.8. The predicted octanol–water partition coefficient (Wildman–Crippen LogP) is 1.16. The minimum absolute atomic E-state index is 0.378. The number of rotatable bonds is 4. The Kier molecular flexibility index (Phi) is 2.66. The van der Waals surface area contributed by atoms with Crippen molar-refractivity contribution in [2.45, 2.75) is 25.2 Å².